The maximum atomic E-state index is 13.1. The summed E-state index contributed by atoms with van der Waals surface area (Å²) in [5.41, 5.74) is 2.03. The van der Waals surface area contributed by atoms with Crippen LogP contribution in [0.2, 0.25) is 0 Å². The van der Waals surface area contributed by atoms with Gasteiger partial charge in [-0.1, -0.05) is 63.2 Å². The van der Waals surface area contributed by atoms with E-state index in [1.807, 2.05) is 61.5 Å². The fourth-order valence-electron chi connectivity index (χ4n) is 6.82. The van der Waals surface area contributed by atoms with Crippen molar-refractivity contribution in [2.24, 2.45) is 29.1 Å². The van der Waals surface area contributed by atoms with Crippen molar-refractivity contribution in [2.45, 2.75) is 71.6 Å². The number of methoxy groups -OCH3 is 1. The van der Waals surface area contributed by atoms with E-state index in [9.17, 15) is 14.7 Å². The fraction of sp³-hybridized carbons (Fsp3) is 0.548. The van der Waals surface area contributed by atoms with E-state index in [1.54, 1.807) is 7.11 Å². The van der Waals surface area contributed by atoms with Crippen LogP contribution in [0.5, 0.6) is 5.75 Å². The molecule has 37 heavy (non-hydrogen) atoms. The summed E-state index contributed by atoms with van der Waals surface area (Å²) in [6.07, 6.45) is 3.50. The zero-order chi connectivity index (χ0) is 26.6. The zero-order valence-electron chi connectivity index (χ0n) is 22.6. The molecule has 2 saturated carbocycles. The van der Waals surface area contributed by atoms with Crippen LogP contribution in [0, 0.1) is 29.1 Å². The smallest absolute Gasteiger partial charge is 0.224 e. The van der Waals surface area contributed by atoms with E-state index in [2.05, 4.69) is 24.5 Å². The first-order valence-corrected chi connectivity index (χ1v) is 13.6. The average molecular weight is 507 g/mol. The molecule has 0 aliphatic heterocycles. The number of ether oxygens (including phenoxy) is 1. The summed E-state index contributed by atoms with van der Waals surface area (Å²) in [4.78, 5) is 25.9. The summed E-state index contributed by atoms with van der Waals surface area (Å²) in [7, 11) is 1.63. The Kier molecular flexibility index (Phi) is 8.58. The topological polar surface area (TPSA) is 87.7 Å². The second kappa shape index (κ2) is 11.7. The van der Waals surface area contributed by atoms with Gasteiger partial charge >= 0.3 is 0 Å². The van der Waals surface area contributed by atoms with Crippen LogP contribution in [-0.2, 0) is 22.6 Å². The number of benzene rings is 2. The lowest BCUT2D eigenvalue weighted by Crippen LogP contribution is -2.58. The van der Waals surface area contributed by atoms with Gasteiger partial charge in [0.05, 0.1) is 19.6 Å². The van der Waals surface area contributed by atoms with Crippen LogP contribution >= 0.6 is 0 Å². The normalized spacial score (nSPS) is 30.0. The molecule has 7 atom stereocenters. The number of carbonyl (C=O) groups excluding carboxylic acids is 2. The van der Waals surface area contributed by atoms with E-state index in [1.165, 1.54) is 0 Å². The third-order valence-corrected chi connectivity index (χ3v) is 9.12. The highest BCUT2D eigenvalue weighted by Gasteiger charge is 2.53. The average Bonchev–Trinajstić information content (AvgIpc) is 2.89. The Morgan fingerprint density at radius 3 is 2.41 bits per heavy atom. The van der Waals surface area contributed by atoms with Crippen LogP contribution in [0.3, 0.4) is 0 Å². The number of rotatable bonds is 8. The molecule has 2 amide bonds. The maximum absolute atomic E-state index is 13.1. The van der Waals surface area contributed by atoms with Gasteiger partial charge in [0.2, 0.25) is 11.8 Å². The number of fused-ring (bicyclic) bond motifs is 1. The molecule has 2 aliphatic carbocycles. The molecule has 3 N–H and O–H groups in total. The van der Waals surface area contributed by atoms with Crippen molar-refractivity contribution in [3.63, 3.8) is 0 Å². The number of amides is 2. The van der Waals surface area contributed by atoms with Crippen molar-refractivity contribution in [3.05, 3.63) is 65.7 Å². The molecule has 0 unspecified atom stereocenters. The minimum Gasteiger partial charge on any atom is -0.497 e. The molecule has 6 nitrogen and oxygen atoms in total. The largest absolute Gasteiger partial charge is 0.497 e. The van der Waals surface area contributed by atoms with E-state index in [-0.39, 0.29) is 46.9 Å². The predicted octanol–water partition coefficient (Wildman–Crippen LogP) is 4.50. The number of aliphatic hydroxyl groups excluding tert-OH is 1. The Bertz CT molecular complexity index is 1060. The second-order valence-electron chi connectivity index (χ2n) is 11.5. The fourth-order valence-corrected chi connectivity index (χ4v) is 6.82. The number of carbonyl (C=O) groups is 2. The van der Waals surface area contributed by atoms with Crippen LogP contribution in [0.1, 0.15) is 57.6 Å². The molecule has 2 aromatic rings. The number of aliphatic hydroxyl groups is 1. The SMILES string of the molecule is COc1ccc(CNC(=O)[C@@H](C)[C@@H]2CC[C@@]3(C)CC[C@H](NC(=O)Cc4ccccc4)[C@@H](C)[C@@H]3[C@H]2O)cc1. The van der Waals surface area contributed by atoms with Crippen molar-refractivity contribution in [1.82, 2.24) is 10.6 Å². The van der Waals surface area contributed by atoms with E-state index in [4.69, 9.17) is 4.74 Å². The molecule has 0 aromatic heterocycles. The van der Waals surface area contributed by atoms with Gasteiger partial charge in [0.25, 0.3) is 0 Å². The predicted molar refractivity (Wildman–Crippen MR) is 145 cm³/mol. The molecule has 4 rings (SSSR count). The van der Waals surface area contributed by atoms with Crippen molar-refractivity contribution in [3.8, 4) is 5.75 Å². The van der Waals surface area contributed by atoms with Gasteiger partial charge < -0.3 is 20.5 Å². The molecule has 2 fully saturated rings. The van der Waals surface area contributed by atoms with Crippen molar-refractivity contribution in [1.29, 1.82) is 0 Å². The summed E-state index contributed by atoms with van der Waals surface area (Å²) < 4.78 is 5.20. The molecular weight excluding hydrogens is 464 g/mol. The van der Waals surface area contributed by atoms with Crippen LogP contribution in [0.25, 0.3) is 0 Å². The molecule has 2 aromatic carbocycles. The molecular formula is C31H42N2O4. The lowest BCUT2D eigenvalue weighted by molar-refractivity contribution is -0.143. The standard InChI is InChI=1S/C31H42N2O4/c1-20(30(36)32-19-23-10-12-24(37-4)13-11-23)25-14-16-31(3)17-15-26(21(2)28(31)29(25)35)33-27(34)18-22-8-6-5-7-9-22/h5-13,20-21,25-26,28-29,35H,14-19H2,1-4H3,(H,32,36)(H,33,34)/t20-,21+,25-,26-,28+,29-,31-/m0/s1. The highest BCUT2D eigenvalue weighted by molar-refractivity contribution is 5.79. The summed E-state index contributed by atoms with van der Waals surface area (Å²) in [6, 6.07) is 17.5. The monoisotopic (exact) mass is 506 g/mol. The molecule has 6 heteroatoms. The summed E-state index contributed by atoms with van der Waals surface area (Å²) >= 11 is 0. The minimum absolute atomic E-state index is 0.0231. The molecule has 0 saturated heterocycles. The van der Waals surface area contributed by atoms with Crippen molar-refractivity contribution < 1.29 is 19.4 Å². The van der Waals surface area contributed by atoms with Crippen molar-refractivity contribution in [2.75, 3.05) is 7.11 Å². The van der Waals surface area contributed by atoms with Gasteiger partial charge in [-0.15, -0.1) is 0 Å². The van der Waals surface area contributed by atoms with Crippen LogP contribution in [0.15, 0.2) is 54.6 Å². The quantitative estimate of drug-likeness (QED) is 0.492. The molecule has 0 bridgehead atoms. The van der Waals surface area contributed by atoms with Gasteiger partial charge in [0.1, 0.15) is 5.75 Å². The van der Waals surface area contributed by atoms with Crippen molar-refractivity contribution >= 4 is 11.8 Å². The van der Waals surface area contributed by atoms with Gasteiger partial charge in [0, 0.05) is 18.5 Å². The first kappa shape index (κ1) is 27.2. The summed E-state index contributed by atoms with van der Waals surface area (Å²) in [5.74, 6) is 0.560. The number of nitrogens with one attached hydrogen (secondary N) is 2. The van der Waals surface area contributed by atoms with Gasteiger partial charge in [-0.3, -0.25) is 9.59 Å². The second-order valence-corrected chi connectivity index (χ2v) is 11.5. The molecule has 0 spiro atoms. The first-order chi connectivity index (χ1) is 17.7. The van der Waals surface area contributed by atoms with Gasteiger partial charge in [-0.25, -0.2) is 0 Å². The lowest BCUT2D eigenvalue weighted by Gasteiger charge is -2.56. The summed E-state index contributed by atoms with van der Waals surface area (Å²) in [6.45, 7) is 6.83. The van der Waals surface area contributed by atoms with Crippen LogP contribution < -0.4 is 15.4 Å². The van der Waals surface area contributed by atoms with Gasteiger partial charge in [0.15, 0.2) is 0 Å². The molecule has 0 radical (unpaired) electrons. The lowest BCUT2D eigenvalue weighted by atomic mass is 9.51. The Balaban J connectivity index is 1.37. The Morgan fingerprint density at radius 1 is 1.05 bits per heavy atom. The Labute approximate surface area is 221 Å². The van der Waals surface area contributed by atoms with Gasteiger partial charge in [-0.05, 0) is 72.1 Å². The van der Waals surface area contributed by atoms with Crippen LogP contribution in [-0.4, -0.2) is 36.2 Å². The third-order valence-electron chi connectivity index (χ3n) is 9.12. The Hall–Kier alpha value is -2.86. The Morgan fingerprint density at radius 2 is 1.73 bits per heavy atom. The van der Waals surface area contributed by atoms with E-state index in [0.29, 0.717) is 13.0 Å². The van der Waals surface area contributed by atoms with E-state index >= 15 is 0 Å². The first-order valence-electron chi connectivity index (χ1n) is 13.6. The van der Waals surface area contributed by atoms with Crippen LogP contribution in [0.4, 0.5) is 0 Å². The van der Waals surface area contributed by atoms with E-state index in [0.717, 1.165) is 42.6 Å². The zero-order valence-corrected chi connectivity index (χ0v) is 22.6. The maximum Gasteiger partial charge on any atom is 0.224 e. The number of hydrogen-bond donors (Lipinski definition) is 3. The van der Waals surface area contributed by atoms with E-state index < -0.39 is 6.10 Å². The molecule has 200 valence electrons. The minimum atomic E-state index is -0.579. The highest BCUT2D eigenvalue weighted by Crippen LogP contribution is 2.55. The highest BCUT2D eigenvalue weighted by atomic mass is 16.5. The third kappa shape index (κ3) is 6.18. The van der Waals surface area contributed by atoms with Gasteiger partial charge in [-0.2, -0.15) is 0 Å². The number of hydrogen-bond acceptors (Lipinski definition) is 4. The molecule has 0 heterocycles. The summed E-state index contributed by atoms with van der Waals surface area (Å²) in [5, 5.41) is 18.0. The molecule has 2 aliphatic rings.